The predicted molar refractivity (Wildman–Crippen MR) is 163 cm³/mol. The zero-order valence-corrected chi connectivity index (χ0v) is 29.7. The molecule has 2 aromatic carbocycles. The number of hydrogen-bond donors (Lipinski definition) is 0. The van der Waals surface area contributed by atoms with Gasteiger partial charge in [-0.1, -0.05) is 101 Å². The number of hydrogen-bond acceptors (Lipinski definition) is 1. The van der Waals surface area contributed by atoms with Crippen LogP contribution < -0.4 is 24.8 Å². The van der Waals surface area contributed by atoms with Crippen molar-refractivity contribution in [2.75, 3.05) is 0 Å². The predicted octanol–water partition coefficient (Wildman–Crippen LogP) is 4.00. The molecule has 0 radical (unpaired) electrons. The summed E-state index contributed by atoms with van der Waals surface area (Å²) in [6.07, 6.45) is 19.3. The van der Waals surface area contributed by atoms with Gasteiger partial charge in [0.2, 0.25) is 0 Å². The molecule has 1 aromatic heterocycles. The fourth-order valence-electron chi connectivity index (χ4n) is 5.14. The van der Waals surface area contributed by atoms with Gasteiger partial charge in [-0.15, -0.1) is 11.6 Å². The van der Waals surface area contributed by atoms with Gasteiger partial charge in [0, 0.05) is 6.26 Å². The average Bonchev–Trinajstić information content (AvgIpc) is 3.63. The van der Waals surface area contributed by atoms with Crippen molar-refractivity contribution in [3.8, 4) is 11.1 Å². The molecule has 218 valence electrons. The molecular formula is C37H44Cl2OZr-2. The summed E-state index contributed by atoms with van der Waals surface area (Å²) in [5.41, 5.74) is 11.0. The van der Waals surface area contributed by atoms with Crippen molar-refractivity contribution in [2.45, 2.75) is 97.8 Å². The molecule has 0 amide bonds. The molecule has 4 heteroatoms. The monoisotopic (exact) mass is 664 g/mol. The van der Waals surface area contributed by atoms with Gasteiger partial charge in [-0.05, 0) is 17.4 Å². The quantitative estimate of drug-likeness (QED) is 0.280. The van der Waals surface area contributed by atoms with Crippen molar-refractivity contribution < 1.29 is 53.5 Å². The number of halogens is 2. The third-order valence-corrected chi connectivity index (χ3v) is 8.98. The summed E-state index contributed by atoms with van der Waals surface area (Å²) in [4.78, 5) is 0. The van der Waals surface area contributed by atoms with Gasteiger partial charge < -0.3 is 29.2 Å². The van der Waals surface area contributed by atoms with Crippen LogP contribution in [0.3, 0.4) is 0 Å². The Bertz CT molecular complexity index is 1280. The SMILES string of the molecule is CC(C)(C)c1c[c-]c2c(c1)-c1cc(C(C)(C)C)ccc1C2.CC1[C-]=C(c2ccoc2)C=C1.[Cl-].[Cl-].[Zr+2]=[C]1CCCCC1. The second-order valence-electron chi connectivity index (χ2n) is 13.2. The number of benzene rings is 2. The second kappa shape index (κ2) is 15.3. The van der Waals surface area contributed by atoms with Crippen molar-refractivity contribution in [3.63, 3.8) is 0 Å². The molecule has 0 saturated heterocycles. The fourth-order valence-corrected chi connectivity index (χ4v) is 6.01. The molecular weight excluding hydrogens is 623 g/mol. The molecule has 0 aliphatic heterocycles. The van der Waals surface area contributed by atoms with Crippen molar-refractivity contribution in [1.29, 1.82) is 0 Å². The van der Waals surface area contributed by atoms with Gasteiger partial charge in [-0.25, -0.2) is 0 Å². The molecule has 3 aliphatic rings. The molecule has 0 spiro atoms. The molecule has 6 rings (SSSR count). The summed E-state index contributed by atoms with van der Waals surface area (Å²) in [6.45, 7) is 15.8. The Kier molecular flexibility index (Phi) is 13.3. The Balaban J connectivity index is 0.000000246. The van der Waals surface area contributed by atoms with E-state index >= 15 is 0 Å². The first-order valence-corrected chi connectivity index (χ1v) is 15.7. The Hall–Kier alpha value is -1.47. The van der Waals surface area contributed by atoms with E-state index in [-0.39, 0.29) is 35.6 Å². The van der Waals surface area contributed by atoms with Crippen LogP contribution >= 0.6 is 0 Å². The van der Waals surface area contributed by atoms with Gasteiger partial charge >= 0.3 is 59.5 Å². The maximum absolute atomic E-state index is 4.97. The first-order valence-electron chi connectivity index (χ1n) is 14.5. The van der Waals surface area contributed by atoms with Crippen molar-refractivity contribution in [1.82, 2.24) is 0 Å². The zero-order chi connectivity index (χ0) is 28.2. The molecule has 0 bridgehead atoms. The van der Waals surface area contributed by atoms with Gasteiger partial charge in [0.15, 0.2) is 0 Å². The molecule has 1 heterocycles. The van der Waals surface area contributed by atoms with E-state index in [9.17, 15) is 0 Å². The van der Waals surface area contributed by atoms with Crippen LogP contribution in [0.15, 0.2) is 65.5 Å². The van der Waals surface area contributed by atoms with E-state index in [0.717, 1.165) is 17.6 Å². The number of furan rings is 1. The Morgan fingerprint density at radius 3 is 2.02 bits per heavy atom. The fraction of sp³-hybridized carbons (Fsp3) is 0.432. The minimum absolute atomic E-state index is 0. The van der Waals surface area contributed by atoms with Crippen molar-refractivity contribution >= 4 is 8.78 Å². The third kappa shape index (κ3) is 9.78. The Labute approximate surface area is 276 Å². The van der Waals surface area contributed by atoms with E-state index in [1.165, 1.54) is 65.5 Å². The van der Waals surface area contributed by atoms with Crippen LogP contribution in [0.25, 0.3) is 16.7 Å². The molecule has 1 unspecified atom stereocenters. The van der Waals surface area contributed by atoms with Crippen LogP contribution in [0.2, 0.25) is 0 Å². The van der Waals surface area contributed by atoms with Crippen LogP contribution in [0.4, 0.5) is 0 Å². The molecule has 1 atom stereocenters. The first-order chi connectivity index (χ1) is 18.4. The summed E-state index contributed by atoms with van der Waals surface area (Å²) in [5, 5.41) is 0. The molecule has 0 N–H and O–H groups in total. The molecule has 1 nitrogen and oxygen atoms in total. The topological polar surface area (TPSA) is 13.1 Å². The Morgan fingerprint density at radius 2 is 1.51 bits per heavy atom. The first kappa shape index (κ1) is 35.7. The van der Waals surface area contributed by atoms with Crippen LogP contribution in [-0.2, 0) is 41.5 Å². The van der Waals surface area contributed by atoms with Crippen molar-refractivity contribution in [2.24, 2.45) is 5.92 Å². The maximum atomic E-state index is 4.97. The number of rotatable bonds is 1. The molecule has 1 saturated carbocycles. The van der Waals surface area contributed by atoms with Gasteiger partial charge in [0.05, 0.1) is 6.26 Å². The van der Waals surface area contributed by atoms with Crippen LogP contribution in [0.5, 0.6) is 0 Å². The number of allylic oxidation sites excluding steroid dienone is 4. The van der Waals surface area contributed by atoms with E-state index in [1.807, 2.05) is 6.07 Å². The van der Waals surface area contributed by atoms with Gasteiger partial charge in [-0.2, -0.15) is 47.1 Å². The van der Waals surface area contributed by atoms with E-state index in [4.69, 9.17) is 4.42 Å². The van der Waals surface area contributed by atoms with Crippen LogP contribution in [0.1, 0.15) is 108 Å². The third-order valence-electron chi connectivity index (χ3n) is 7.75. The summed E-state index contributed by atoms with van der Waals surface area (Å²) in [5.74, 6) is 0.444. The summed E-state index contributed by atoms with van der Waals surface area (Å²) in [7, 11) is 0. The van der Waals surface area contributed by atoms with E-state index in [0.29, 0.717) is 5.92 Å². The van der Waals surface area contributed by atoms with Gasteiger partial charge in [0.25, 0.3) is 0 Å². The van der Waals surface area contributed by atoms with E-state index in [1.54, 1.807) is 40.0 Å². The van der Waals surface area contributed by atoms with Crippen molar-refractivity contribution in [3.05, 3.63) is 101 Å². The number of fused-ring (bicyclic) bond motifs is 3. The molecule has 41 heavy (non-hydrogen) atoms. The average molecular weight is 667 g/mol. The Morgan fingerprint density at radius 1 is 0.854 bits per heavy atom. The van der Waals surface area contributed by atoms with Crippen LogP contribution in [0, 0.1) is 18.1 Å². The zero-order valence-electron chi connectivity index (χ0n) is 25.8. The normalized spacial score (nSPS) is 17.0. The molecule has 3 aliphatic carbocycles. The van der Waals surface area contributed by atoms with E-state index < -0.39 is 0 Å². The second-order valence-corrected chi connectivity index (χ2v) is 14.9. The van der Waals surface area contributed by atoms with E-state index in [2.05, 4.69) is 103 Å². The minimum atomic E-state index is 0. The molecule has 1 fully saturated rings. The van der Waals surface area contributed by atoms with Gasteiger partial charge in [0.1, 0.15) is 0 Å². The summed E-state index contributed by atoms with van der Waals surface area (Å²) in [6, 6.07) is 17.0. The standard InChI is InChI=1S/C21H25.C10H9O.C6H10.2ClH.Zr/c1-20(2,3)16-9-7-14-11-15-8-10-17(21(4,5)6)13-19(15)18(14)12-16;1-8-2-3-9(6-8)10-4-5-11-7-10;1-2-4-6-5-3-1;;;/h7,9-10,12-13H,11H2,1-6H3;2-5,7-8H,1H3;1-5H2;2*1H;/q2*-1;;;;+2/p-2. The summed E-state index contributed by atoms with van der Waals surface area (Å²) >= 11 is 1.69. The van der Waals surface area contributed by atoms with Gasteiger partial charge in [-0.3, -0.25) is 0 Å². The summed E-state index contributed by atoms with van der Waals surface area (Å²) < 4.78 is 6.77. The van der Waals surface area contributed by atoms with Crippen LogP contribution in [-0.4, -0.2) is 3.21 Å². The molecule has 3 aromatic rings.